The number of nitrogens with zero attached hydrogens (tertiary/aromatic N) is 1. The fourth-order valence-electron chi connectivity index (χ4n) is 3.97. The fraction of sp³-hybridized carbons (Fsp3) is 0.160. The normalized spacial score (nSPS) is 13.7. The highest BCUT2D eigenvalue weighted by Crippen LogP contribution is 2.41. The summed E-state index contributed by atoms with van der Waals surface area (Å²) in [6.07, 6.45) is 0.855. The van der Waals surface area contributed by atoms with Crippen LogP contribution >= 0.6 is 23.2 Å². The number of hydrogen-bond donors (Lipinski definition) is 0. The van der Waals surface area contributed by atoms with Crippen LogP contribution in [-0.2, 0) is 13.0 Å². The molecule has 0 saturated carbocycles. The standard InChI is InChI=1S/C25H19Cl2NO3/c26-18-8-6-16(7-9-18)10-11-28-14-21-24-20(12-22(27)25(21)30-15-28)19(13-23(29)31-24)17-4-2-1-3-5-17/h1-9,12-13H,10-11,14-15H2. The second-order valence-electron chi connectivity index (χ2n) is 7.59. The minimum Gasteiger partial charge on any atom is -0.476 e. The van der Waals surface area contributed by atoms with Crippen molar-refractivity contribution in [1.29, 1.82) is 0 Å². The Morgan fingerprint density at radius 2 is 1.74 bits per heavy atom. The minimum absolute atomic E-state index is 0.394. The van der Waals surface area contributed by atoms with Gasteiger partial charge in [-0.25, -0.2) is 4.79 Å². The third kappa shape index (κ3) is 4.07. The number of rotatable bonds is 4. The van der Waals surface area contributed by atoms with Gasteiger partial charge in [-0.15, -0.1) is 0 Å². The summed E-state index contributed by atoms with van der Waals surface area (Å²) in [6.45, 7) is 1.80. The Kier molecular flexibility index (Phi) is 5.45. The van der Waals surface area contributed by atoms with Crippen molar-refractivity contribution in [2.45, 2.75) is 13.0 Å². The van der Waals surface area contributed by atoms with E-state index in [1.807, 2.05) is 60.7 Å². The zero-order chi connectivity index (χ0) is 21.4. The highest BCUT2D eigenvalue weighted by atomic mass is 35.5. The Bertz CT molecular complexity index is 1300. The maximum Gasteiger partial charge on any atom is 0.336 e. The second-order valence-corrected chi connectivity index (χ2v) is 8.43. The Balaban J connectivity index is 1.52. The Hall–Kier alpha value is -2.79. The molecule has 31 heavy (non-hydrogen) atoms. The average Bonchev–Trinajstić information content (AvgIpc) is 2.79. The molecular formula is C25H19Cl2NO3. The predicted octanol–water partition coefficient (Wildman–Crippen LogP) is 6.16. The largest absolute Gasteiger partial charge is 0.476 e. The van der Waals surface area contributed by atoms with E-state index >= 15 is 0 Å². The van der Waals surface area contributed by atoms with Crippen molar-refractivity contribution in [3.05, 3.63) is 98.3 Å². The molecule has 3 aromatic carbocycles. The van der Waals surface area contributed by atoms with Crippen LogP contribution in [0.2, 0.25) is 10.0 Å². The molecule has 0 atom stereocenters. The van der Waals surface area contributed by atoms with Gasteiger partial charge in [-0.2, -0.15) is 0 Å². The molecular weight excluding hydrogens is 433 g/mol. The highest BCUT2D eigenvalue weighted by molar-refractivity contribution is 6.33. The molecule has 5 rings (SSSR count). The Labute approximate surface area is 189 Å². The van der Waals surface area contributed by atoms with E-state index < -0.39 is 5.63 Å². The minimum atomic E-state index is -0.394. The lowest BCUT2D eigenvalue weighted by Gasteiger charge is -2.30. The maximum atomic E-state index is 12.4. The molecule has 0 saturated heterocycles. The molecule has 0 unspecified atom stereocenters. The van der Waals surface area contributed by atoms with Gasteiger partial charge >= 0.3 is 5.63 Å². The van der Waals surface area contributed by atoms with Crippen LogP contribution in [0.4, 0.5) is 0 Å². The summed E-state index contributed by atoms with van der Waals surface area (Å²) in [5.74, 6) is 0.588. The van der Waals surface area contributed by atoms with Crippen LogP contribution < -0.4 is 10.4 Å². The summed E-state index contributed by atoms with van der Waals surface area (Å²) >= 11 is 12.6. The first-order valence-corrected chi connectivity index (χ1v) is 10.8. The quantitative estimate of drug-likeness (QED) is 0.348. The zero-order valence-corrected chi connectivity index (χ0v) is 18.1. The first-order valence-electron chi connectivity index (χ1n) is 10.0. The van der Waals surface area contributed by atoms with E-state index in [4.69, 9.17) is 32.4 Å². The Morgan fingerprint density at radius 1 is 0.968 bits per heavy atom. The molecule has 1 aliphatic heterocycles. The van der Waals surface area contributed by atoms with Crippen molar-refractivity contribution in [1.82, 2.24) is 4.90 Å². The first kappa shape index (κ1) is 20.1. The van der Waals surface area contributed by atoms with Crippen LogP contribution in [0.1, 0.15) is 11.1 Å². The lowest BCUT2D eigenvalue weighted by atomic mass is 9.99. The van der Waals surface area contributed by atoms with Gasteiger partial charge in [-0.3, -0.25) is 4.90 Å². The molecule has 1 aromatic heterocycles. The molecule has 0 amide bonds. The SMILES string of the molecule is O=c1cc(-c2ccccc2)c2cc(Cl)c3c(c2o1)CN(CCc1ccc(Cl)cc1)CO3. The van der Waals surface area contributed by atoms with E-state index in [1.165, 1.54) is 11.6 Å². The van der Waals surface area contributed by atoms with Crippen molar-refractivity contribution in [3.63, 3.8) is 0 Å². The van der Waals surface area contributed by atoms with Gasteiger partial charge in [-0.05, 0) is 41.3 Å². The van der Waals surface area contributed by atoms with Gasteiger partial charge in [0, 0.05) is 29.6 Å². The van der Waals surface area contributed by atoms with Gasteiger partial charge in [0.05, 0.1) is 10.6 Å². The van der Waals surface area contributed by atoms with Gasteiger partial charge in [-0.1, -0.05) is 65.7 Å². The van der Waals surface area contributed by atoms with E-state index in [2.05, 4.69) is 4.90 Å². The summed E-state index contributed by atoms with van der Waals surface area (Å²) in [7, 11) is 0. The van der Waals surface area contributed by atoms with E-state index in [1.54, 1.807) is 0 Å². The molecule has 0 spiro atoms. The van der Waals surface area contributed by atoms with E-state index in [0.717, 1.165) is 40.1 Å². The van der Waals surface area contributed by atoms with Crippen molar-refractivity contribution < 1.29 is 9.15 Å². The average molecular weight is 452 g/mol. The van der Waals surface area contributed by atoms with Gasteiger partial charge in [0.25, 0.3) is 0 Å². The molecule has 156 valence electrons. The molecule has 2 heterocycles. The molecule has 1 aliphatic rings. The van der Waals surface area contributed by atoms with Crippen LogP contribution in [-0.4, -0.2) is 18.2 Å². The molecule has 0 N–H and O–H groups in total. The van der Waals surface area contributed by atoms with Crippen molar-refractivity contribution in [2.75, 3.05) is 13.3 Å². The van der Waals surface area contributed by atoms with Crippen molar-refractivity contribution in [2.24, 2.45) is 0 Å². The lowest BCUT2D eigenvalue weighted by molar-refractivity contribution is 0.0969. The summed E-state index contributed by atoms with van der Waals surface area (Å²) in [6, 6.07) is 20.9. The number of hydrogen-bond acceptors (Lipinski definition) is 4. The fourth-order valence-corrected chi connectivity index (χ4v) is 4.38. The van der Waals surface area contributed by atoms with Crippen LogP contribution in [0, 0.1) is 0 Å². The monoisotopic (exact) mass is 451 g/mol. The first-order chi connectivity index (χ1) is 15.1. The summed E-state index contributed by atoms with van der Waals surface area (Å²) < 4.78 is 11.6. The summed E-state index contributed by atoms with van der Waals surface area (Å²) in [5.41, 5.74) is 3.88. The van der Waals surface area contributed by atoms with Crippen LogP contribution in [0.15, 0.2) is 75.9 Å². The van der Waals surface area contributed by atoms with Crippen LogP contribution in [0.3, 0.4) is 0 Å². The number of halogens is 2. The number of benzene rings is 3. The van der Waals surface area contributed by atoms with Gasteiger partial charge < -0.3 is 9.15 Å². The molecule has 0 aliphatic carbocycles. The topological polar surface area (TPSA) is 42.7 Å². The second kappa shape index (κ2) is 8.39. The molecule has 6 heteroatoms. The molecule has 4 aromatic rings. The summed E-state index contributed by atoms with van der Waals surface area (Å²) in [5, 5.41) is 2.05. The van der Waals surface area contributed by atoms with Gasteiger partial charge in [0.2, 0.25) is 0 Å². The van der Waals surface area contributed by atoms with Crippen molar-refractivity contribution >= 4 is 34.2 Å². The van der Waals surface area contributed by atoms with Crippen LogP contribution in [0.5, 0.6) is 5.75 Å². The molecule has 4 nitrogen and oxygen atoms in total. The third-order valence-electron chi connectivity index (χ3n) is 5.52. The number of fused-ring (bicyclic) bond motifs is 3. The molecule has 0 bridgehead atoms. The van der Waals surface area contributed by atoms with Crippen LogP contribution in [0.25, 0.3) is 22.1 Å². The predicted molar refractivity (Wildman–Crippen MR) is 124 cm³/mol. The third-order valence-corrected chi connectivity index (χ3v) is 6.06. The van der Waals surface area contributed by atoms with Gasteiger partial charge in [0.15, 0.2) is 0 Å². The summed E-state index contributed by atoms with van der Waals surface area (Å²) in [4.78, 5) is 14.6. The van der Waals surface area contributed by atoms with Gasteiger partial charge in [0.1, 0.15) is 18.1 Å². The lowest BCUT2D eigenvalue weighted by Crippen LogP contribution is -2.34. The zero-order valence-electron chi connectivity index (χ0n) is 16.6. The van der Waals surface area contributed by atoms with E-state index in [9.17, 15) is 4.79 Å². The molecule has 0 fully saturated rings. The number of ether oxygens (including phenoxy) is 1. The molecule has 0 radical (unpaired) electrons. The van der Waals surface area contributed by atoms with E-state index in [-0.39, 0.29) is 0 Å². The Morgan fingerprint density at radius 3 is 2.52 bits per heavy atom. The highest BCUT2D eigenvalue weighted by Gasteiger charge is 2.25. The van der Waals surface area contributed by atoms with E-state index in [0.29, 0.717) is 29.6 Å². The smallest absolute Gasteiger partial charge is 0.336 e. The van der Waals surface area contributed by atoms with Crippen molar-refractivity contribution in [3.8, 4) is 16.9 Å². The maximum absolute atomic E-state index is 12.4.